The van der Waals surface area contributed by atoms with Crippen LogP contribution in [0.3, 0.4) is 0 Å². The zero-order valence-corrected chi connectivity index (χ0v) is 16.5. The van der Waals surface area contributed by atoms with Crippen LogP contribution in [-0.4, -0.2) is 25.6 Å². The summed E-state index contributed by atoms with van der Waals surface area (Å²) in [5.74, 6) is -0.449. The topological polar surface area (TPSA) is 102 Å². The van der Waals surface area contributed by atoms with Gasteiger partial charge in [0, 0.05) is 35.0 Å². The fourth-order valence-corrected chi connectivity index (χ4v) is 3.95. The van der Waals surface area contributed by atoms with Gasteiger partial charge in [-0.15, -0.1) is 0 Å². The number of anilines is 1. The minimum atomic E-state index is -3.31. The van der Waals surface area contributed by atoms with Crippen LogP contribution in [0.1, 0.15) is 27.2 Å². The maximum atomic E-state index is 11.4. The summed E-state index contributed by atoms with van der Waals surface area (Å²) in [6.45, 7) is 0. The predicted octanol–water partition coefficient (Wildman–Crippen LogP) is 3.21. The molecule has 0 spiro atoms. The molecule has 0 aliphatic heterocycles. The molecule has 0 saturated heterocycles. The van der Waals surface area contributed by atoms with Gasteiger partial charge in [0.1, 0.15) is 0 Å². The number of hydrogen-bond acceptors (Lipinski definition) is 4. The van der Waals surface area contributed by atoms with E-state index in [2.05, 4.69) is 21.8 Å². The molecular formula is C22H19N3O3S. The van der Waals surface area contributed by atoms with Gasteiger partial charge in [0.2, 0.25) is 15.9 Å². The molecule has 0 unspecified atom stereocenters. The predicted molar refractivity (Wildman–Crippen MR) is 114 cm³/mol. The van der Waals surface area contributed by atoms with Crippen molar-refractivity contribution in [2.24, 2.45) is 5.73 Å². The van der Waals surface area contributed by atoms with Gasteiger partial charge in [0.25, 0.3) is 0 Å². The van der Waals surface area contributed by atoms with Crippen molar-refractivity contribution in [2.75, 3.05) is 11.0 Å². The Kier molecular flexibility index (Phi) is 4.68. The second-order valence-electron chi connectivity index (χ2n) is 6.93. The lowest BCUT2D eigenvalue weighted by atomic mass is 9.97. The number of carbonyl (C=O) groups is 1. The molecule has 6 nitrogen and oxygen atoms in total. The molecule has 7 heteroatoms. The van der Waals surface area contributed by atoms with Gasteiger partial charge in [0.05, 0.1) is 11.9 Å². The van der Waals surface area contributed by atoms with Crippen molar-refractivity contribution >= 4 is 27.2 Å². The SMILES string of the molecule is CS(=O)(=O)Nc1ccc(-c2cnc3c(c2)C(c2ccc(C(N)=O)cc2)=CC3)cc1. The van der Waals surface area contributed by atoms with Gasteiger partial charge >= 0.3 is 0 Å². The van der Waals surface area contributed by atoms with Crippen molar-refractivity contribution in [2.45, 2.75) is 6.42 Å². The summed E-state index contributed by atoms with van der Waals surface area (Å²) in [6.07, 6.45) is 5.82. The molecule has 0 atom stereocenters. The molecule has 1 heterocycles. The molecule has 3 N–H and O–H groups in total. The van der Waals surface area contributed by atoms with Crippen LogP contribution in [0.15, 0.2) is 66.9 Å². The van der Waals surface area contributed by atoms with E-state index in [0.29, 0.717) is 11.3 Å². The molecule has 0 fully saturated rings. The highest BCUT2D eigenvalue weighted by molar-refractivity contribution is 7.92. The van der Waals surface area contributed by atoms with Crippen LogP contribution < -0.4 is 10.5 Å². The second-order valence-corrected chi connectivity index (χ2v) is 8.68. The molecule has 29 heavy (non-hydrogen) atoms. The Hall–Kier alpha value is -3.45. The molecule has 2 aromatic carbocycles. The average molecular weight is 405 g/mol. The number of benzene rings is 2. The Morgan fingerprint density at radius 2 is 1.66 bits per heavy atom. The van der Waals surface area contributed by atoms with E-state index in [9.17, 15) is 13.2 Å². The van der Waals surface area contributed by atoms with Crippen molar-refractivity contribution in [1.82, 2.24) is 4.98 Å². The van der Waals surface area contributed by atoms with Crippen LogP contribution in [0.5, 0.6) is 0 Å². The maximum absolute atomic E-state index is 11.4. The Morgan fingerprint density at radius 3 is 2.28 bits per heavy atom. The van der Waals surface area contributed by atoms with E-state index in [1.54, 1.807) is 24.3 Å². The molecule has 0 saturated carbocycles. The molecule has 1 aliphatic carbocycles. The third-order valence-corrected chi connectivity index (χ3v) is 5.37. The van der Waals surface area contributed by atoms with Gasteiger partial charge in [-0.2, -0.15) is 0 Å². The van der Waals surface area contributed by atoms with Crippen molar-refractivity contribution in [3.8, 4) is 11.1 Å². The van der Waals surface area contributed by atoms with Crippen LogP contribution >= 0.6 is 0 Å². The minimum Gasteiger partial charge on any atom is -0.366 e. The van der Waals surface area contributed by atoms with E-state index in [-0.39, 0.29) is 0 Å². The summed E-state index contributed by atoms with van der Waals surface area (Å²) < 4.78 is 25.2. The molecule has 146 valence electrons. The smallest absolute Gasteiger partial charge is 0.248 e. The van der Waals surface area contributed by atoms with Crippen LogP contribution in [0, 0.1) is 0 Å². The highest BCUT2D eigenvalue weighted by atomic mass is 32.2. The Bertz CT molecular complexity index is 1230. The molecule has 3 aromatic rings. The van der Waals surface area contributed by atoms with Gasteiger partial charge in [-0.05, 0) is 47.0 Å². The fraction of sp³-hybridized carbons (Fsp3) is 0.0909. The van der Waals surface area contributed by atoms with Crippen LogP contribution in [0.4, 0.5) is 5.69 Å². The number of allylic oxidation sites excluding steroid dienone is 1. The highest BCUT2D eigenvalue weighted by Crippen LogP contribution is 2.34. The molecule has 1 aromatic heterocycles. The third-order valence-electron chi connectivity index (χ3n) is 4.76. The molecule has 0 radical (unpaired) electrons. The van der Waals surface area contributed by atoms with E-state index < -0.39 is 15.9 Å². The first-order valence-corrected chi connectivity index (χ1v) is 10.9. The molecule has 4 rings (SSSR count). The standard InChI is InChI=1S/C22H19N3O3S/c1-29(27,28)25-18-8-6-14(7-9-18)17-12-20-19(10-11-21(20)24-13-17)15-2-4-16(5-3-15)22(23)26/h2-10,12-13,25H,11H2,1H3,(H2,23,26). The van der Waals surface area contributed by atoms with Crippen LogP contribution in [-0.2, 0) is 16.4 Å². The lowest BCUT2D eigenvalue weighted by Crippen LogP contribution is -2.10. The third kappa shape index (κ3) is 4.05. The van der Waals surface area contributed by atoms with Gasteiger partial charge in [0.15, 0.2) is 0 Å². The number of fused-ring (bicyclic) bond motifs is 1. The van der Waals surface area contributed by atoms with Crippen molar-refractivity contribution in [1.29, 1.82) is 0 Å². The van der Waals surface area contributed by atoms with E-state index >= 15 is 0 Å². The Balaban J connectivity index is 1.64. The molecule has 0 bridgehead atoms. The van der Waals surface area contributed by atoms with Crippen LogP contribution in [0.25, 0.3) is 16.7 Å². The first kappa shape index (κ1) is 18.9. The number of amides is 1. The van der Waals surface area contributed by atoms with E-state index in [1.807, 2.05) is 30.5 Å². The van der Waals surface area contributed by atoms with Crippen molar-refractivity contribution in [3.05, 3.63) is 89.3 Å². The van der Waals surface area contributed by atoms with Gasteiger partial charge in [-0.1, -0.05) is 30.3 Å². The number of nitrogens with zero attached hydrogens (tertiary/aromatic N) is 1. The number of rotatable bonds is 5. The lowest BCUT2D eigenvalue weighted by Gasteiger charge is -2.10. The number of primary amides is 1. The van der Waals surface area contributed by atoms with Gasteiger partial charge < -0.3 is 5.73 Å². The number of nitrogens with two attached hydrogens (primary N) is 1. The Morgan fingerprint density at radius 1 is 1.00 bits per heavy atom. The van der Waals surface area contributed by atoms with E-state index in [1.165, 1.54) is 0 Å². The summed E-state index contributed by atoms with van der Waals surface area (Å²) >= 11 is 0. The van der Waals surface area contributed by atoms with Gasteiger partial charge in [-0.3, -0.25) is 14.5 Å². The summed E-state index contributed by atoms with van der Waals surface area (Å²) in [4.78, 5) is 15.9. The largest absolute Gasteiger partial charge is 0.366 e. The quantitative estimate of drug-likeness (QED) is 0.680. The lowest BCUT2D eigenvalue weighted by molar-refractivity contribution is 0.100. The van der Waals surface area contributed by atoms with E-state index in [4.69, 9.17) is 5.73 Å². The minimum absolute atomic E-state index is 0.449. The highest BCUT2D eigenvalue weighted by Gasteiger charge is 2.18. The normalized spacial score (nSPS) is 12.9. The maximum Gasteiger partial charge on any atom is 0.248 e. The first-order chi connectivity index (χ1) is 13.8. The zero-order chi connectivity index (χ0) is 20.6. The Labute approximate surface area is 169 Å². The number of pyridine rings is 1. The zero-order valence-electron chi connectivity index (χ0n) is 15.7. The number of sulfonamides is 1. The summed E-state index contributed by atoms with van der Waals surface area (Å²) in [5.41, 5.74) is 12.3. The number of hydrogen-bond donors (Lipinski definition) is 2. The first-order valence-electron chi connectivity index (χ1n) is 8.98. The molecule has 1 aliphatic rings. The van der Waals surface area contributed by atoms with Crippen LogP contribution in [0.2, 0.25) is 0 Å². The number of carbonyl (C=O) groups excluding carboxylic acids is 1. The molecule has 1 amide bonds. The van der Waals surface area contributed by atoms with E-state index in [0.717, 1.165) is 46.2 Å². The number of aromatic nitrogens is 1. The summed E-state index contributed by atoms with van der Waals surface area (Å²) in [7, 11) is -3.31. The van der Waals surface area contributed by atoms with Crippen molar-refractivity contribution < 1.29 is 13.2 Å². The van der Waals surface area contributed by atoms with Gasteiger partial charge in [-0.25, -0.2) is 8.42 Å². The molecular weight excluding hydrogens is 386 g/mol. The fourth-order valence-electron chi connectivity index (χ4n) is 3.39. The number of nitrogens with one attached hydrogen (secondary N) is 1. The monoisotopic (exact) mass is 405 g/mol. The van der Waals surface area contributed by atoms with Crippen molar-refractivity contribution in [3.63, 3.8) is 0 Å². The average Bonchev–Trinajstić information content (AvgIpc) is 3.10. The summed E-state index contributed by atoms with van der Waals surface area (Å²) in [6, 6.07) is 16.5. The second kappa shape index (κ2) is 7.18. The summed E-state index contributed by atoms with van der Waals surface area (Å²) in [5, 5.41) is 0.